The Morgan fingerprint density at radius 2 is 2.07 bits per heavy atom. The van der Waals surface area contributed by atoms with Gasteiger partial charge in [0.15, 0.2) is 0 Å². The number of aliphatic hydroxyl groups is 1. The minimum Gasteiger partial charge on any atom is -0.390 e. The molecule has 1 N–H and O–H groups in total. The lowest BCUT2D eigenvalue weighted by Crippen LogP contribution is -2.33. The Bertz CT molecular complexity index is 209. The summed E-state index contributed by atoms with van der Waals surface area (Å²) >= 11 is 0. The summed E-state index contributed by atoms with van der Waals surface area (Å²) in [4.78, 5) is 0. The summed E-state index contributed by atoms with van der Waals surface area (Å²) in [5.74, 6) is 0.874. The van der Waals surface area contributed by atoms with Crippen LogP contribution in [0.4, 0.5) is 0 Å². The van der Waals surface area contributed by atoms with Gasteiger partial charge in [-0.05, 0) is 38.5 Å². The molecule has 0 aromatic rings. The van der Waals surface area contributed by atoms with E-state index in [1.54, 1.807) is 0 Å². The fraction of sp³-hybridized carbons (Fsp3) is 1.00. The normalized spacial score (nSPS) is 45.2. The van der Waals surface area contributed by atoms with Gasteiger partial charge in [-0.3, -0.25) is 0 Å². The second kappa shape index (κ2) is 3.52. The van der Waals surface area contributed by atoms with Crippen molar-refractivity contribution in [3.63, 3.8) is 0 Å². The predicted octanol–water partition coefficient (Wildman–Crippen LogP) is 3.51. The average Bonchev–Trinajstić information content (AvgIpc) is 2.80. The van der Waals surface area contributed by atoms with Crippen LogP contribution in [0.3, 0.4) is 0 Å². The molecule has 0 saturated heterocycles. The van der Waals surface area contributed by atoms with Crippen LogP contribution in [0.15, 0.2) is 0 Å². The lowest BCUT2D eigenvalue weighted by Gasteiger charge is -2.29. The van der Waals surface area contributed by atoms with Crippen LogP contribution in [0.1, 0.15) is 65.2 Å². The molecule has 0 bridgehead atoms. The van der Waals surface area contributed by atoms with E-state index < -0.39 is 0 Å². The summed E-state index contributed by atoms with van der Waals surface area (Å²) < 4.78 is 0. The molecule has 2 aliphatic rings. The molecule has 0 amide bonds. The summed E-state index contributed by atoms with van der Waals surface area (Å²) in [6, 6.07) is 0. The third-order valence-corrected chi connectivity index (χ3v) is 4.76. The van der Waals surface area contributed by atoms with E-state index in [1.807, 2.05) is 0 Å². The summed E-state index contributed by atoms with van der Waals surface area (Å²) in [6.45, 7) is 4.32. The Morgan fingerprint density at radius 1 is 1.29 bits per heavy atom. The molecule has 0 spiro atoms. The molecule has 0 aromatic heterocycles. The van der Waals surface area contributed by atoms with Gasteiger partial charge in [-0.15, -0.1) is 0 Å². The number of fused-ring (bicyclic) bond motifs is 1. The van der Waals surface area contributed by atoms with Gasteiger partial charge in [-0.25, -0.2) is 0 Å². The molecule has 0 heterocycles. The molecule has 3 atom stereocenters. The highest BCUT2D eigenvalue weighted by atomic mass is 16.3. The number of unbranched alkanes of at least 4 members (excludes halogenated alkanes) is 3. The van der Waals surface area contributed by atoms with Gasteiger partial charge in [0.1, 0.15) is 0 Å². The Kier molecular flexibility index (Phi) is 2.63. The van der Waals surface area contributed by atoms with Gasteiger partial charge in [0, 0.05) is 5.41 Å². The average molecular weight is 196 g/mol. The largest absolute Gasteiger partial charge is 0.390 e. The Labute approximate surface area is 87.9 Å². The first-order valence-corrected chi connectivity index (χ1v) is 6.35. The number of hydrogen-bond donors (Lipinski definition) is 1. The third kappa shape index (κ3) is 1.50. The van der Waals surface area contributed by atoms with Crippen molar-refractivity contribution in [2.75, 3.05) is 0 Å². The van der Waals surface area contributed by atoms with Crippen molar-refractivity contribution in [1.82, 2.24) is 0 Å². The zero-order valence-corrected chi connectivity index (χ0v) is 9.68. The van der Waals surface area contributed by atoms with E-state index in [0.717, 1.165) is 12.3 Å². The molecule has 1 nitrogen and oxygen atoms in total. The molecular weight excluding hydrogens is 172 g/mol. The second-order valence-corrected chi connectivity index (χ2v) is 5.68. The molecule has 82 valence electrons. The first-order valence-electron chi connectivity index (χ1n) is 6.35. The third-order valence-electron chi connectivity index (χ3n) is 4.76. The first kappa shape index (κ1) is 10.5. The summed E-state index contributed by atoms with van der Waals surface area (Å²) in [5.41, 5.74) is 0.0324. The van der Waals surface area contributed by atoms with Crippen LogP contribution in [-0.4, -0.2) is 10.7 Å². The Morgan fingerprint density at radius 3 is 2.57 bits per heavy atom. The van der Waals surface area contributed by atoms with Gasteiger partial charge < -0.3 is 5.11 Å². The lowest BCUT2D eigenvalue weighted by atomic mass is 9.83. The SMILES string of the molecule is CCCCCC[C@]12C[C@H]1CCC2(C)O. The summed E-state index contributed by atoms with van der Waals surface area (Å²) in [7, 11) is 0. The van der Waals surface area contributed by atoms with Crippen molar-refractivity contribution in [2.45, 2.75) is 70.8 Å². The van der Waals surface area contributed by atoms with Crippen LogP contribution in [0.2, 0.25) is 0 Å². The van der Waals surface area contributed by atoms with Crippen LogP contribution >= 0.6 is 0 Å². The Balaban J connectivity index is 1.80. The van der Waals surface area contributed by atoms with Gasteiger partial charge in [0.2, 0.25) is 0 Å². The molecular formula is C13H24O. The van der Waals surface area contributed by atoms with E-state index in [-0.39, 0.29) is 5.60 Å². The molecule has 2 rings (SSSR count). The fourth-order valence-electron chi connectivity index (χ4n) is 3.57. The predicted molar refractivity (Wildman–Crippen MR) is 59.2 cm³/mol. The van der Waals surface area contributed by atoms with Crippen LogP contribution in [-0.2, 0) is 0 Å². The lowest BCUT2D eigenvalue weighted by molar-refractivity contribution is -0.0101. The number of hydrogen-bond acceptors (Lipinski definition) is 1. The van der Waals surface area contributed by atoms with Crippen molar-refractivity contribution < 1.29 is 5.11 Å². The van der Waals surface area contributed by atoms with E-state index in [4.69, 9.17) is 0 Å². The topological polar surface area (TPSA) is 20.2 Å². The van der Waals surface area contributed by atoms with Crippen LogP contribution in [0.25, 0.3) is 0 Å². The molecule has 2 aliphatic carbocycles. The van der Waals surface area contributed by atoms with Gasteiger partial charge in [0.05, 0.1) is 5.60 Å². The van der Waals surface area contributed by atoms with Crippen molar-refractivity contribution in [2.24, 2.45) is 11.3 Å². The van der Waals surface area contributed by atoms with Crippen LogP contribution in [0.5, 0.6) is 0 Å². The maximum atomic E-state index is 10.3. The van der Waals surface area contributed by atoms with E-state index in [9.17, 15) is 5.11 Å². The molecule has 14 heavy (non-hydrogen) atoms. The highest BCUT2D eigenvalue weighted by molar-refractivity contribution is 5.17. The van der Waals surface area contributed by atoms with Crippen molar-refractivity contribution in [3.8, 4) is 0 Å². The standard InChI is InChI=1S/C13H24O/c1-3-4-5-6-8-13-10-11(13)7-9-12(13,2)14/h11,14H,3-10H2,1-2H3/t11-,12?,13+/m1/s1. The molecule has 0 aromatic carbocycles. The zero-order valence-electron chi connectivity index (χ0n) is 9.68. The maximum Gasteiger partial charge on any atom is 0.0678 e. The Hall–Kier alpha value is -0.0400. The van der Waals surface area contributed by atoms with Crippen molar-refractivity contribution in [1.29, 1.82) is 0 Å². The monoisotopic (exact) mass is 196 g/mol. The second-order valence-electron chi connectivity index (χ2n) is 5.68. The minimum absolute atomic E-state index is 0.329. The van der Waals surface area contributed by atoms with Crippen molar-refractivity contribution >= 4 is 0 Å². The van der Waals surface area contributed by atoms with Gasteiger partial charge in [-0.2, -0.15) is 0 Å². The summed E-state index contributed by atoms with van der Waals surface area (Å²) in [6.07, 6.45) is 10.3. The highest BCUT2D eigenvalue weighted by Gasteiger charge is 2.67. The molecule has 2 fully saturated rings. The first-order chi connectivity index (χ1) is 6.62. The van der Waals surface area contributed by atoms with Crippen LogP contribution < -0.4 is 0 Å². The van der Waals surface area contributed by atoms with E-state index >= 15 is 0 Å². The van der Waals surface area contributed by atoms with Gasteiger partial charge in [-0.1, -0.05) is 32.6 Å². The fourth-order valence-corrected chi connectivity index (χ4v) is 3.57. The quantitative estimate of drug-likeness (QED) is 0.667. The molecule has 1 heteroatoms. The van der Waals surface area contributed by atoms with Gasteiger partial charge in [0.25, 0.3) is 0 Å². The summed E-state index contributed by atoms with van der Waals surface area (Å²) in [5, 5.41) is 10.3. The van der Waals surface area contributed by atoms with Gasteiger partial charge >= 0.3 is 0 Å². The number of rotatable bonds is 5. The van der Waals surface area contributed by atoms with Crippen molar-refractivity contribution in [3.05, 3.63) is 0 Å². The smallest absolute Gasteiger partial charge is 0.0678 e. The van der Waals surface area contributed by atoms with E-state index in [0.29, 0.717) is 5.41 Å². The zero-order chi connectivity index (χ0) is 10.2. The van der Waals surface area contributed by atoms with E-state index in [1.165, 1.54) is 44.9 Å². The highest BCUT2D eigenvalue weighted by Crippen LogP contribution is 2.70. The maximum absolute atomic E-state index is 10.3. The molecule has 0 aliphatic heterocycles. The molecule has 0 radical (unpaired) electrons. The van der Waals surface area contributed by atoms with E-state index in [2.05, 4.69) is 13.8 Å². The molecule has 2 saturated carbocycles. The molecule has 1 unspecified atom stereocenters. The minimum atomic E-state index is -0.329. The van der Waals surface area contributed by atoms with Crippen LogP contribution in [0, 0.1) is 11.3 Å².